The second kappa shape index (κ2) is 5.69. The van der Waals surface area contributed by atoms with Gasteiger partial charge >= 0.3 is 8.25 Å². The van der Waals surface area contributed by atoms with Gasteiger partial charge in [0.15, 0.2) is 6.26 Å². The van der Waals surface area contributed by atoms with Crippen molar-refractivity contribution in [3.8, 4) is 0 Å². The molecule has 4 nitrogen and oxygen atoms in total. The van der Waals surface area contributed by atoms with Crippen LogP contribution >= 0.6 is 8.25 Å². The van der Waals surface area contributed by atoms with Gasteiger partial charge in [0, 0.05) is 11.2 Å². The van der Waals surface area contributed by atoms with E-state index >= 15 is 0 Å². The average Bonchev–Trinajstić information content (AvgIpc) is 1.80. The van der Waals surface area contributed by atoms with Crippen molar-refractivity contribution in [2.24, 2.45) is 0 Å². The van der Waals surface area contributed by atoms with Crippen LogP contribution in [0.2, 0.25) is 0 Å². The lowest BCUT2D eigenvalue weighted by molar-refractivity contribution is 0.301. The van der Waals surface area contributed by atoms with Gasteiger partial charge in [0.05, 0.1) is 0 Å². The van der Waals surface area contributed by atoms with Crippen LogP contribution in [-0.4, -0.2) is 16.6 Å². The Balaban J connectivity index is 3.14. The molecule has 0 rings (SSSR count). The summed E-state index contributed by atoms with van der Waals surface area (Å²) in [6.07, 6.45) is 2.99. The molecule has 1 unspecified atom stereocenters. The number of aliphatic hydroxyl groups is 1. The first kappa shape index (κ1) is 8.56. The topological polar surface area (TPSA) is 66.8 Å². The van der Waals surface area contributed by atoms with Crippen LogP contribution in [0.4, 0.5) is 0 Å². The summed E-state index contributed by atoms with van der Waals surface area (Å²) in [5.41, 5.74) is 0. The summed E-state index contributed by atoms with van der Waals surface area (Å²) in [6.45, 7) is 0.0159. The van der Waals surface area contributed by atoms with E-state index in [1.807, 2.05) is 0 Å². The fourth-order valence-electron chi connectivity index (χ4n) is 0.238. The van der Waals surface area contributed by atoms with E-state index in [2.05, 4.69) is 4.52 Å². The van der Waals surface area contributed by atoms with Crippen molar-refractivity contribution in [1.82, 2.24) is 0 Å². The van der Waals surface area contributed by atoms with Crippen LogP contribution in [0.25, 0.3) is 0 Å². The molecule has 0 aromatic rings. The average molecular weight is 151 g/mol. The molecule has 0 amide bonds. The first-order chi connectivity index (χ1) is 4.27. The summed E-state index contributed by atoms with van der Waals surface area (Å²) in [4.78, 5) is 8.02. The van der Waals surface area contributed by atoms with Crippen molar-refractivity contribution in [1.29, 1.82) is 0 Å². The third kappa shape index (κ3) is 7.56. The quantitative estimate of drug-likeness (QED) is 0.454. The van der Waals surface area contributed by atoms with Crippen LogP contribution in [0.5, 0.6) is 0 Å². The third-order valence-electron chi connectivity index (χ3n) is 0.543. The van der Waals surface area contributed by atoms with E-state index in [0.717, 1.165) is 6.26 Å². The van der Waals surface area contributed by atoms with Gasteiger partial charge in [0.1, 0.15) is 0 Å². The number of rotatable bonds is 4. The standard InChI is InChI=1S/C4H7O4P/c5-3-1-2-4-8-9(6)7/h2,4-5H,1,3H2/p+1. The molecule has 2 N–H and O–H groups in total. The van der Waals surface area contributed by atoms with Gasteiger partial charge in [-0.3, -0.25) is 0 Å². The second-order valence-corrected chi connectivity index (χ2v) is 1.91. The smallest absolute Gasteiger partial charge is 0.396 e. The van der Waals surface area contributed by atoms with Crippen molar-refractivity contribution >= 4 is 8.25 Å². The molecule has 0 aliphatic heterocycles. The molecule has 0 aromatic heterocycles. The maximum atomic E-state index is 9.77. The first-order valence-electron chi connectivity index (χ1n) is 2.36. The molecule has 0 fully saturated rings. The van der Waals surface area contributed by atoms with E-state index in [4.69, 9.17) is 10.00 Å². The Kier molecular flexibility index (Phi) is 5.41. The van der Waals surface area contributed by atoms with E-state index in [1.165, 1.54) is 6.08 Å². The molecule has 1 atom stereocenters. The minimum atomic E-state index is -2.54. The zero-order chi connectivity index (χ0) is 7.11. The maximum Gasteiger partial charge on any atom is 0.746 e. The van der Waals surface area contributed by atoms with Crippen molar-refractivity contribution in [2.75, 3.05) is 6.61 Å². The van der Waals surface area contributed by atoms with Crippen LogP contribution in [0, 0.1) is 0 Å². The lowest BCUT2D eigenvalue weighted by atomic mass is 10.5. The van der Waals surface area contributed by atoms with Crippen molar-refractivity contribution in [3.63, 3.8) is 0 Å². The summed E-state index contributed by atoms with van der Waals surface area (Å²) in [5.74, 6) is 0. The van der Waals surface area contributed by atoms with Gasteiger partial charge in [0.2, 0.25) is 0 Å². The summed E-state index contributed by atoms with van der Waals surface area (Å²) in [6, 6.07) is 0. The zero-order valence-corrected chi connectivity index (χ0v) is 5.62. The van der Waals surface area contributed by atoms with E-state index < -0.39 is 8.25 Å². The number of hydrogen-bond acceptors (Lipinski definition) is 3. The molecule has 0 radical (unpaired) electrons. The first-order valence-corrected chi connectivity index (χ1v) is 3.49. The molecule has 52 valence electrons. The Labute approximate surface area is 53.7 Å². The van der Waals surface area contributed by atoms with Crippen molar-refractivity contribution in [3.05, 3.63) is 12.3 Å². The van der Waals surface area contributed by atoms with Crippen molar-refractivity contribution in [2.45, 2.75) is 6.42 Å². The molecule has 0 aromatic carbocycles. The van der Waals surface area contributed by atoms with Gasteiger partial charge in [-0.05, 0) is 12.5 Å². The minimum absolute atomic E-state index is 0.0159. The highest BCUT2D eigenvalue weighted by Gasteiger charge is 2.06. The highest BCUT2D eigenvalue weighted by Crippen LogP contribution is 2.13. The van der Waals surface area contributed by atoms with Gasteiger partial charge in [-0.25, -0.2) is 4.52 Å². The fraction of sp³-hybridized carbons (Fsp3) is 0.500. The number of hydrogen-bond donors (Lipinski definition) is 2. The van der Waals surface area contributed by atoms with E-state index in [9.17, 15) is 4.57 Å². The van der Waals surface area contributed by atoms with Crippen LogP contribution in [0.1, 0.15) is 6.42 Å². The Morgan fingerprint density at radius 3 is 2.78 bits per heavy atom. The molecule has 0 aliphatic carbocycles. The van der Waals surface area contributed by atoms with Crippen molar-refractivity contribution < 1.29 is 19.1 Å². The molecule has 0 bridgehead atoms. The summed E-state index contributed by atoms with van der Waals surface area (Å²) in [5, 5.41) is 8.19. The Hall–Kier alpha value is -0.440. The maximum absolute atomic E-state index is 9.77. The Morgan fingerprint density at radius 2 is 2.33 bits per heavy atom. The molecule has 0 spiro atoms. The molecule has 5 heteroatoms. The normalized spacial score (nSPS) is 12.0. The molecule has 0 saturated heterocycles. The predicted molar refractivity (Wildman–Crippen MR) is 31.8 cm³/mol. The van der Waals surface area contributed by atoms with Crippen LogP contribution in [-0.2, 0) is 9.09 Å². The molecule has 9 heavy (non-hydrogen) atoms. The van der Waals surface area contributed by atoms with Crippen LogP contribution in [0.15, 0.2) is 12.3 Å². The largest absolute Gasteiger partial charge is 0.746 e. The number of aliphatic hydroxyl groups excluding tert-OH is 1. The van der Waals surface area contributed by atoms with E-state index in [-0.39, 0.29) is 6.61 Å². The molecule has 0 aliphatic rings. The minimum Gasteiger partial charge on any atom is -0.396 e. The monoisotopic (exact) mass is 151 g/mol. The van der Waals surface area contributed by atoms with Gasteiger partial charge in [-0.1, -0.05) is 0 Å². The second-order valence-electron chi connectivity index (χ2n) is 1.23. The lowest BCUT2D eigenvalue weighted by Crippen LogP contribution is -1.75. The summed E-state index contributed by atoms with van der Waals surface area (Å²) < 4.78 is 13.9. The zero-order valence-electron chi connectivity index (χ0n) is 4.73. The summed E-state index contributed by atoms with van der Waals surface area (Å²) in [7, 11) is -2.54. The lowest BCUT2D eigenvalue weighted by Gasteiger charge is -1.78. The van der Waals surface area contributed by atoms with Crippen LogP contribution in [0.3, 0.4) is 0 Å². The fourth-order valence-corrected chi connectivity index (χ4v) is 0.428. The predicted octanol–water partition coefficient (Wildman–Crippen LogP) is 0.549. The van der Waals surface area contributed by atoms with Gasteiger partial charge < -0.3 is 5.11 Å². The third-order valence-corrected chi connectivity index (χ3v) is 0.845. The highest BCUT2D eigenvalue weighted by atomic mass is 31.1. The highest BCUT2D eigenvalue weighted by molar-refractivity contribution is 7.32. The SMILES string of the molecule is O=[P+](O)OC=CCCO. The van der Waals surface area contributed by atoms with E-state index in [1.54, 1.807) is 0 Å². The van der Waals surface area contributed by atoms with Gasteiger partial charge in [0.25, 0.3) is 0 Å². The molecular formula is C4H8O4P+. The molecule has 0 heterocycles. The molecule has 0 saturated carbocycles. The van der Waals surface area contributed by atoms with Gasteiger partial charge in [-0.15, -0.1) is 4.89 Å². The Bertz CT molecular complexity index is 111. The van der Waals surface area contributed by atoms with Crippen LogP contribution < -0.4 is 0 Å². The van der Waals surface area contributed by atoms with E-state index in [0.29, 0.717) is 6.42 Å². The Morgan fingerprint density at radius 1 is 1.67 bits per heavy atom. The van der Waals surface area contributed by atoms with Gasteiger partial charge in [-0.2, -0.15) is 0 Å². The molecular weight excluding hydrogens is 143 g/mol. The summed E-state index contributed by atoms with van der Waals surface area (Å²) >= 11 is 0.